The summed E-state index contributed by atoms with van der Waals surface area (Å²) in [4.78, 5) is 13.9. The van der Waals surface area contributed by atoms with Gasteiger partial charge in [0.2, 0.25) is 5.91 Å². The highest BCUT2D eigenvalue weighted by molar-refractivity contribution is 9.11. The number of rotatable bonds is 7. The number of carbonyl (C=O) groups excluding carboxylic acids is 1. The molecule has 3 rings (SSSR count). The topological polar surface area (TPSA) is 41.6 Å². The molecule has 0 radical (unpaired) electrons. The molecule has 1 heterocycles. The van der Waals surface area contributed by atoms with Crippen LogP contribution in [-0.2, 0) is 11.3 Å². The van der Waals surface area contributed by atoms with E-state index >= 15 is 0 Å². The molecule has 27 heavy (non-hydrogen) atoms. The molecule has 144 valence electrons. The van der Waals surface area contributed by atoms with Crippen LogP contribution in [0.15, 0.2) is 45.3 Å². The van der Waals surface area contributed by atoms with Gasteiger partial charge in [-0.05, 0) is 87.5 Å². The Hall–Kier alpha value is -1.37. The van der Waals surface area contributed by atoms with Gasteiger partial charge in [0.25, 0.3) is 0 Å². The predicted octanol–water partition coefficient (Wildman–Crippen LogP) is 5.59. The first kappa shape index (κ1) is 20.4. The molecule has 2 aromatic rings. The summed E-state index contributed by atoms with van der Waals surface area (Å²) in [6.45, 7) is 6.29. The first-order valence-electron chi connectivity index (χ1n) is 9.24. The van der Waals surface area contributed by atoms with Crippen LogP contribution < -0.4 is 15.0 Å². The van der Waals surface area contributed by atoms with Crippen molar-refractivity contribution in [2.75, 3.05) is 18.1 Å². The quantitative estimate of drug-likeness (QED) is 0.544. The zero-order chi connectivity index (χ0) is 19.4. The van der Waals surface area contributed by atoms with E-state index in [2.05, 4.69) is 68.4 Å². The number of nitrogens with one attached hydrogen (secondary N) is 1. The van der Waals surface area contributed by atoms with E-state index < -0.39 is 0 Å². The normalized spacial score (nSPS) is 15.3. The maximum absolute atomic E-state index is 12.0. The van der Waals surface area contributed by atoms with Crippen molar-refractivity contribution < 1.29 is 9.53 Å². The average Bonchev–Trinajstić information content (AvgIpc) is 3.09. The highest BCUT2D eigenvalue weighted by Gasteiger charge is 2.22. The third-order valence-electron chi connectivity index (χ3n) is 4.71. The van der Waals surface area contributed by atoms with E-state index in [9.17, 15) is 4.79 Å². The van der Waals surface area contributed by atoms with Crippen molar-refractivity contribution in [1.29, 1.82) is 0 Å². The molecular formula is C21H24Br2N2O2. The van der Waals surface area contributed by atoms with E-state index in [0.29, 0.717) is 13.0 Å². The number of amides is 1. The Morgan fingerprint density at radius 3 is 2.59 bits per heavy atom. The molecule has 1 atom stereocenters. The minimum Gasteiger partial charge on any atom is -0.492 e. The van der Waals surface area contributed by atoms with Crippen LogP contribution >= 0.6 is 31.9 Å². The summed E-state index contributed by atoms with van der Waals surface area (Å²) in [7, 11) is 0. The summed E-state index contributed by atoms with van der Waals surface area (Å²) in [6, 6.07) is 12.6. The number of nitrogens with zero attached hydrogens (tertiary/aromatic N) is 1. The minimum atomic E-state index is 0.173. The summed E-state index contributed by atoms with van der Waals surface area (Å²) in [5.41, 5.74) is 3.33. The summed E-state index contributed by atoms with van der Waals surface area (Å²) >= 11 is 7.17. The second-order valence-corrected chi connectivity index (χ2v) is 8.38. The van der Waals surface area contributed by atoms with Crippen molar-refractivity contribution in [1.82, 2.24) is 5.32 Å². The molecule has 1 aliphatic heterocycles. The van der Waals surface area contributed by atoms with E-state index in [1.165, 1.54) is 5.56 Å². The SMILES string of the molecule is CCOc1c(Br)cc(CNC(C)c2cccc(N3CCCC3=O)c2)cc1Br. The number of ether oxygens (including phenoxy) is 1. The van der Waals surface area contributed by atoms with E-state index in [1.807, 2.05) is 24.0 Å². The fourth-order valence-corrected chi connectivity index (χ4v) is 4.78. The molecule has 1 N–H and O–H groups in total. The fraction of sp³-hybridized carbons (Fsp3) is 0.381. The van der Waals surface area contributed by atoms with Crippen LogP contribution in [0, 0.1) is 0 Å². The Balaban J connectivity index is 1.67. The van der Waals surface area contributed by atoms with Gasteiger partial charge in [-0.3, -0.25) is 4.79 Å². The highest BCUT2D eigenvalue weighted by atomic mass is 79.9. The van der Waals surface area contributed by atoms with Gasteiger partial charge < -0.3 is 15.0 Å². The minimum absolute atomic E-state index is 0.173. The zero-order valence-corrected chi connectivity index (χ0v) is 18.8. The van der Waals surface area contributed by atoms with Crippen molar-refractivity contribution in [3.63, 3.8) is 0 Å². The largest absolute Gasteiger partial charge is 0.492 e. The molecule has 1 amide bonds. The maximum Gasteiger partial charge on any atom is 0.227 e. The number of benzene rings is 2. The van der Waals surface area contributed by atoms with Crippen LogP contribution in [0.1, 0.15) is 43.9 Å². The van der Waals surface area contributed by atoms with Crippen molar-refractivity contribution in [3.05, 3.63) is 56.5 Å². The molecule has 0 saturated carbocycles. The van der Waals surface area contributed by atoms with Crippen LogP contribution in [-0.4, -0.2) is 19.1 Å². The molecule has 1 fully saturated rings. The number of halogens is 2. The monoisotopic (exact) mass is 494 g/mol. The lowest BCUT2D eigenvalue weighted by molar-refractivity contribution is -0.117. The molecule has 1 aliphatic rings. The standard InChI is InChI=1S/C21H24Br2N2O2/c1-3-27-21-18(22)10-15(11-19(21)23)13-24-14(2)16-6-4-7-17(12-16)25-9-5-8-20(25)26/h4,6-7,10-12,14,24H,3,5,8-9,13H2,1-2H3. The lowest BCUT2D eigenvalue weighted by Gasteiger charge is -2.20. The van der Waals surface area contributed by atoms with Crippen LogP contribution in [0.2, 0.25) is 0 Å². The highest BCUT2D eigenvalue weighted by Crippen LogP contribution is 2.35. The van der Waals surface area contributed by atoms with Crippen molar-refractivity contribution >= 4 is 43.5 Å². The second kappa shape index (κ2) is 9.22. The van der Waals surface area contributed by atoms with E-state index in [1.54, 1.807) is 0 Å². The van der Waals surface area contributed by atoms with Crippen molar-refractivity contribution in [2.24, 2.45) is 0 Å². The zero-order valence-electron chi connectivity index (χ0n) is 15.6. The fourth-order valence-electron chi connectivity index (χ4n) is 3.27. The van der Waals surface area contributed by atoms with Gasteiger partial charge in [0.1, 0.15) is 5.75 Å². The lowest BCUT2D eigenvalue weighted by atomic mass is 10.1. The number of anilines is 1. The van der Waals surface area contributed by atoms with Gasteiger partial charge in [0, 0.05) is 31.2 Å². The van der Waals surface area contributed by atoms with Gasteiger partial charge in [-0.1, -0.05) is 12.1 Å². The van der Waals surface area contributed by atoms with Crippen LogP contribution in [0.25, 0.3) is 0 Å². The molecule has 0 bridgehead atoms. The molecule has 1 saturated heterocycles. The smallest absolute Gasteiger partial charge is 0.227 e. The molecular weight excluding hydrogens is 472 g/mol. The Bertz CT molecular complexity index is 803. The van der Waals surface area contributed by atoms with Crippen LogP contribution in [0.4, 0.5) is 5.69 Å². The first-order chi connectivity index (χ1) is 13.0. The van der Waals surface area contributed by atoms with Crippen molar-refractivity contribution in [3.8, 4) is 5.75 Å². The van der Waals surface area contributed by atoms with Gasteiger partial charge >= 0.3 is 0 Å². The van der Waals surface area contributed by atoms with Gasteiger partial charge in [0.15, 0.2) is 0 Å². The third-order valence-corrected chi connectivity index (χ3v) is 5.89. The first-order valence-corrected chi connectivity index (χ1v) is 10.8. The van der Waals surface area contributed by atoms with Crippen LogP contribution in [0.3, 0.4) is 0 Å². The van der Waals surface area contributed by atoms with E-state index in [4.69, 9.17) is 4.74 Å². The van der Waals surface area contributed by atoms with Crippen LogP contribution in [0.5, 0.6) is 5.75 Å². The Morgan fingerprint density at radius 1 is 1.22 bits per heavy atom. The molecule has 4 nitrogen and oxygen atoms in total. The number of hydrogen-bond acceptors (Lipinski definition) is 3. The average molecular weight is 496 g/mol. The third kappa shape index (κ3) is 4.92. The Kier molecular flexibility index (Phi) is 6.95. The Morgan fingerprint density at radius 2 is 1.96 bits per heavy atom. The van der Waals surface area contributed by atoms with E-state index in [-0.39, 0.29) is 11.9 Å². The van der Waals surface area contributed by atoms with Gasteiger partial charge in [-0.25, -0.2) is 0 Å². The number of carbonyl (C=O) groups is 1. The molecule has 0 aromatic heterocycles. The van der Waals surface area contributed by atoms with E-state index in [0.717, 1.165) is 45.5 Å². The van der Waals surface area contributed by atoms with Gasteiger partial charge in [0.05, 0.1) is 15.6 Å². The molecule has 1 unspecified atom stereocenters. The second-order valence-electron chi connectivity index (χ2n) is 6.67. The Labute approximate surface area is 177 Å². The predicted molar refractivity (Wildman–Crippen MR) is 116 cm³/mol. The van der Waals surface area contributed by atoms with Gasteiger partial charge in [-0.2, -0.15) is 0 Å². The summed E-state index contributed by atoms with van der Waals surface area (Å²) in [6.07, 6.45) is 1.60. The summed E-state index contributed by atoms with van der Waals surface area (Å²) < 4.78 is 7.53. The number of hydrogen-bond donors (Lipinski definition) is 1. The molecule has 0 spiro atoms. The summed E-state index contributed by atoms with van der Waals surface area (Å²) in [5.74, 6) is 1.05. The molecule has 6 heteroatoms. The summed E-state index contributed by atoms with van der Waals surface area (Å²) in [5, 5.41) is 3.56. The van der Waals surface area contributed by atoms with Crippen molar-refractivity contribution in [2.45, 2.75) is 39.3 Å². The molecule has 0 aliphatic carbocycles. The lowest BCUT2D eigenvalue weighted by Crippen LogP contribution is -2.24. The maximum atomic E-state index is 12.0. The molecule has 2 aromatic carbocycles. The van der Waals surface area contributed by atoms with Gasteiger partial charge in [-0.15, -0.1) is 0 Å².